The maximum Gasteiger partial charge on any atom is 0.199 e. The zero-order valence-corrected chi connectivity index (χ0v) is 13.4. The Hall–Kier alpha value is -1.83. The maximum absolute atomic E-state index is 14.0. The molecule has 0 atom stereocenters. The predicted octanol–water partition coefficient (Wildman–Crippen LogP) is 4.85. The second kappa shape index (κ2) is 6.51. The normalized spacial score (nSPS) is 11.3. The van der Waals surface area contributed by atoms with Crippen LogP contribution in [-0.4, -0.2) is 0 Å². The first-order valence-electron chi connectivity index (χ1n) is 6.85. The molecule has 1 nitrogen and oxygen atoms in total. The van der Waals surface area contributed by atoms with Gasteiger partial charge in [-0.2, -0.15) is 0 Å². The molecule has 0 fully saturated rings. The third-order valence-electron chi connectivity index (χ3n) is 3.26. The van der Waals surface area contributed by atoms with Crippen LogP contribution in [0.3, 0.4) is 0 Å². The van der Waals surface area contributed by atoms with Crippen molar-refractivity contribution in [3.63, 3.8) is 0 Å². The van der Waals surface area contributed by atoms with Gasteiger partial charge in [-0.25, -0.2) is 4.39 Å². The van der Waals surface area contributed by atoms with Gasteiger partial charge in [0, 0.05) is 10.6 Å². The van der Waals surface area contributed by atoms with Gasteiger partial charge in [-0.05, 0) is 23.5 Å². The number of hydrogen-bond acceptors (Lipinski definition) is 2. The minimum atomic E-state index is -3.00. The van der Waals surface area contributed by atoms with E-state index < -0.39 is 6.34 Å². The third kappa shape index (κ3) is 3.01. The SMILES string of the molecule is O=P(Sc1ccccc1F)(c1ccccc1)c1ccccc1. The van der Waals surface area contributed by atoms with Crippen LogP contribution in [0.4, 0.5) is 4.39 Å². The number of benzene rings is 3. The van der Waals surface area contributed by atoms with Crippen molar-refractivity contribution in [2.24, 2.45) is 0 Å². The van der Waals surface area contributed by atoms with Crippen molar-refractivity contribution < 1.29 is 8.96 Å². The minimum Gasteiger partial charge on any atom is -0.302 e. The first-order chi connectivity index (χ1) is 10.7. The fourth-order valence-electron chi connectivity index (χ4n) is 2.16. The van der Waals surface area contributed by atoms with E-state index in [-0.39, 0.29) is 5.82 Å². The molecule has 3 aromatic carbocycles. The van der Waals surface area contributed by atoms with Crippen LogP contribution in [0.1, 0.15) is 0 Å². The van der Waals surface area contributed by atoms with Crippen molar-refractivity contribution in [3.8, 4) is 0 Å². The van der Waals surface area contributed by atoms with E-state index in [2.05, 4.69) is 0 Å². The molecule has 0 saturated heterocycles. The molecule has 0 amide bonds. The Kier molecular flexibility index (Phi) is 4.47. The summed E-state index contributed by atoms with van der Waals surface area (Å²) in [6, 6.07) is 25.0. The number of rotatable bonds is 4. The summed E-state index contributed by atoms with van der Waals surface area (Å²) in [6.07, 6.45) is -3.00. The fraction of sp³-hybridized carbons (Fsp3) is 0. The van der Waals surface area contributed by atoms with Crippen LogP contribution in [0.15, 0.2) is 89.8 Å². The van der Waals surface area contributed by atoms with Crippen LogP contribution in [0.25, 0.3) is 0 Å². The lowest BCUT2D eigenvalue weighted by Crippen LogP contribution is -2.13. The van der Waals surface area contributed by atoms with Crippen LogP contribution >= 0.6 is 17.7 Å². The Labute approximate surface area is 133 Å². The lowest BCUT2D eigenvalue weighted by atomic mass is 10.4. The molecule has 0 aliphatic heterocycles. The zero-order valence-electron chi connectivity index (χ0n) is 11.7. The van der Waals surface area contributed by atoms with Crippen molar-refractivity contribution in [3.05, 3.63) is 90.7 Å². The second-order valence-electron chi connectivity index (χ2n) is 4.74. The summed E-state index contributed by atoms with van der Waals surface area (Å²) in [5, 5.41) is 1.43. The van der Waals surface area contributed by atoms with Gasteiger partial charge in [-0.3, -0.25) is 0 Å². The molecule has 4 heteroatoms. The molecule has 0 N–H and O–H groups in total. The third-order valence-corrected chi connectivity index (χ3v) is 8.62. The Morgan fingerprint density at radius 2 is 1.14 bits per heavy atom. The topological polar surface area (TPSA) is 17.1 Å². The van der Waals surface area contributed by atoms with Gasteiger partial charge in [0.15, 0.2) is 6.34 Å². The lowest BCUT2D eigenvalue weighted by Gasteiger charge is -2.18. The van der Waals surface area contributed by atoms with Crippen LogP contribution in [-0.2, 0) is 4.57 Å². The molecule has 0 spiro atoms. The number of halogens is 1. The summed E-state index contributed by atoms with van der Waals surface area (Å²) < 4.78 is 27.7. The Bertz CT molecular complexity index is 762. The van der Waals surface area contributed by atoms with Gasteiger partial charge >= 0.3 is 0 Å². The molecule has 0 heterocycles. The van der Waals surface area contributed by atoms with Crippen molar-refractivity contribution in [2.45, 2.75) is 4.90 Å². The zero-order chi connectivity index (χ0) is 15.4. The van der Waals surface area contributed by atoms with Crippen LogP contribution in [0, 0.1) is 5.82 Å². The maximum atomic E-state index is 14.0. The van der Waals surface area contributed by atoms with E-state index in [1.54, 1.807) is 18.2 Å². The van der Waals surface area contributed by atoms with E-state index in [4.69, 9.17) is 0 Å². The highest BCUT2D eigenvalue weighted by Gasteiger charge is 2.29. The average molecular weight is 328 g/mol. The minimum absolute atomic E-state index is 0.348. The Morgan fingerprint density at radius 3 is 1.64 bits per heavy atom. The summed E-state index contributed by atoms with van der Waals surface area (Å²) in [4.78, 5) is 0.401. The molecule has 0 aliphatic rings. The summed E-state index contributed by atoms with van der Waals surface area (Å²) >= 11 is 1.10. The molecule has 3 rings (SSSR count). The molecule has 110 valence electrons. The molecule has 0 unspecified atom stereocenters. The molecule has 3 aromatic rings. The Morgan fingerprint density at radius 1 is 0.682 bits per heavy atom. The highest BCUT2D eigenvalue weighted by molar-refractivity contribution is 8.62. The average Bonchev–Trinajstić information content (AvgIpc) is 2.58. The van der Waals surface area contributed by atoms with Crippen LogP contribution in [0.5, 0.6) is 0 Å². The standard InChI is InChI=1S/C18H14FOPS/c19-17-13-7-8-14-18(17)22-21(20,15-9-3-1-4-10-15)16-11-5-2-6-12-16/h1-14H. The summed E-state index contributed by atoms with van der Waals surface area (Å²) in [7, 11) is 0. The summed E-state index contributed by atoms with van der Waals surface area (Å²) in [6.45, 7) is 0. The van der Waals surface area contributed by atoms with E-state index in [9.17, 15) is 8.96 Å². The Balaban J connectivity index is 2.13. The van der Waals surface area contributed by atoms with Gasteiger partial charge in [0.2, 0.25) is 0 Å². The largest absolute Gasteiger partial charge is 0.302 e. The van der Waals surface area contributed by atoms with E-state index >= 15 is 0 Å². The van der Waals surface area contributed by atoms with Crippen molar-refractivity contribution in [1.82, 2.24) is 0 Å². The van der Waals surface area contributed by atoms with Crippen LogP contribution < -0.4 is 10.6 Å². The quantitative estimate of drug-likeness (QED) is 0.637. The van der Waals surface area contributed by atoms with E-state index in [1.165, 1.54) is 6.07 Å². The molecular weight excluding hydrogens is 314 g/mol. The van der Waals surface area contributed by atoms with Gasteiger partial charge < -0.3 is 4.57 Å². The van der Waals surface area contributed by atoms with Gasteiger partial charge in [0.25, 0.3) is 0 Å². The van der Waals surface area contributed by atoms with Crippen LogP contribution in [0.2, 0.25) is 0 Å². The van der Waals surface area contributed by atoms with E-state index in [0.717, 1.165) is 22.0 Å². The first-order valence-corrected chi connectivity index (χ1v) is 9.98. The van der Waals surface area contributed by atoms with Gasteiger partial charge in [0.05, 0.1) is 4.90 Å². The van der Waals surface area contributed by atoms with Crippen molar-refractivity contribution in [1.29, 1.82) is 0 Å². The molecule has 0 radical (unpaired) electrons. The van der Waals surface area contributed by atoms with Gasteiger partial charge in [-0.1, -0.05) is 72.8 Å². The fourth-order valence-corrected chi connectivity index (χ4v) is 7.01. The highest BCUT2D eigenvalue weighted by atomic mass is 32.7. The van der Waals surface area contributed by atoms with Gasteiger partial charge in [0.1, 0.15) is 5.82 Å². The number of hydrogen-bond donors (Lipinski definition) is 0. The monoisotopic (exact) mass is 328 g/mol. The van der Waals surface area contributed by atoms with E-state index in [0.29, 0.717) is 4.90 Å². The molecule has 0 aromatic heterocycles. The van der Waals surface area contributed by atoms with Crippen molar-refractivity contribution >= 4 is 28.3 Å². The molecular formula is C18H14FOPS. The second-order valence-corrected chi connectivity index (χ2v) is 9.59. The predicted molar refractivity (Wildman–Crippen MR) is 92.0 cm³/mol. The molecule has 0 aliphatic carbocycles. The lowest BCUT2D eigenvalue weighted by molar-refractivity contribution is 0.593. The van der Waals surface area contributed by atoms with Crippen molar-refractivity contribution in [2.75, 3.05) is 0 Å². The first kappa shape index (κ1) is 15.1. The summed E-state index contributed by atoms with van der Waals surface area (Å²) in [5.74, 6) is -0.348. The van der Waals surface area contributed by atoms with E-state index in [1.807, 2.05) is 60.7 Å². The molecule has 0 bridgehead atoms. The van der Waals surface area contributed by atoms with Gasteiger partial charge in [-0.15, -0.1) is 0 Å². The highest BCUT2D eigenvalue weighted by Crippen LogP contribution is 2.60. The smallest absolute Gasteiger partial charge is 0.199 e. The molecule has 22 heavy (non-hydrogen) atoms. The molecule has 0 saturated carbocycles. The summed E-state index contributed by atoms with van der Waals surface area (Å²) in [5.41, 5.74) is 0.